The SMILES string of the molecule is COC(=O)C(NNc1ccccc1)C1C(=O)Nc2ccccc21. The fraction of sp³-hybridized carbons (Fsp3) is 0.176. The van der Waals surface area contributed by atoms with E-state index in [0.29, 0.717) is 0 Å². The Labute approximate surface area is 133 Å². The maximum atomic E-state index is 12.3. The molecule has 3 N–H and O–H groups in total. The van der Waals surface area contributed by atoms with Gasteiger partial charge in [0.2, 0.25) is 5.91 Å². The number of benzene rings is 2. The Morgan fingerprint density at radius 2 is 1.83 bits per heavy atom. The largest absolute Gasteiger partial charge is 0.468 e. The summed E-state index contributed by atoms with van der Waals surface area (Å²) < 4.78 is 4.86. The summed E-state index contributed by atoms with van der Waals surface area (Å²) in [5, 5.41) is 2.79. The molecular weight excluding hydrogens is 294 g/mol. The lowest BCUT2D eigenvalue weighted by atomic mass is 9.93. The van der Waals surface area contributed by atoms with Crippen molar-refractivity contribution in [3.63, 3.8) is 0 Å². The molecule has 2 aromatic rings. The van der Waals surface area contributed by atoms with Crippen LogP contribution in [0.2, 0.25) is 0 Å². The molecule has 1 aliphatic heterocycles. The molecule has 118 valence electrons. The topological polar surface area (TPSA) is 79.5 Å². The summed E-state index contributed by atoms with van der Waals surface area (Å²) in [4.78, 5) is 24.5. The van der Waals surface area contributed by atoms with Crippen molar-refractivity contribution in [1.29, 1.82) is 0 Å². The lowest BCUT2D eigenvalue weighted by Gasteiger charge is -2.22. The number of rotatable bonds is 5. The molecule has 0 aliphatic carbocycles. The zero-order valence-corrected chi connectivity index (χ0v) is 12.6. The van der Waals surface area contributed by atoms with Gasteiger partial charge in [-0.05, 0) is 23.8 Å². The van der Waals surface area contributed by atoms with Gasteiger partial charge >= 0.3 is 5.97 Å². The zero-order chi connectivity index (χ0) is 16.2. The minimum atomic E-state index is -0.844. The van der Waals surface area contributed by atoms with Gasteiger partial charge in [-0.15, -0.1) is 0 Å². The van der Waals surface area contributed by atoms with Crippen molar-refractivity contribution >= 4 is 23.3 Å². The molecule has 0 saturated heterocycles. The highest BCUT2D eigenvalue weighted by molar-refractivity contribution is 6.06. The van der Waals surface area contributed by atoms with Crippen LogP contribution in [-0.4, -0.2) is 25.0 Å². The van der Waals surface area contributed by atoms with Gasteiger partial charge in [0, 0.05) is 11.4 Å². The Hall–Kier alpha value is -2.86. The number of hydrazine groups is 1. The van der Waals surface area contributed by atoms with E-state index in [9.17, 15) is 9.59 Å². The molecule has 0 bridgehead atoms. The molecule has 6 heteroatoms. The average Bonchev–Trinajstić information content (AvgIpc) is 2.92. The van der Waals surface area contributed by atoms with Crippen molar-refractivity contribution in [3.05, 3.63) is 60.2 Å². The van der Waals surface area contributed by atoms with Crippen LogP contribution in [0.3, 0.4) is 0 Å². The quantitative estimate of drug-likeness (QED) is 0.580. The highest BCUT2D eigenvalue weighted by Gasteiger charge is 2.41. The lowest BCUT2D eigenvalue weighted by Crippen LogP contribution is -2.47. The van der Waals surface area contributed by atoms with Crippen molar-refractivity contribution in [2.24, 2.45) is 0 Å². The molecule has 0 aromatic heterocycles. The van der Waals surface area contributed by atoms with Crippen LogP contribution < -0.4 is 16.2 Å². The van der Waals surface area contributed by atoms with Gasteiger partial charge in [-0.2, -0.15) is 0 Å². The molecular formula is C17H17N3O3. The van der Waals surface area contributed by atoms with Crippen molar-refractivity contribution in [2.45, 2.75) is 12.0 Å². The van der Waals surface area contributed by atoms with E-state index in [-0.39, 0.29) is 5.91 Å². The van der Waals surface area contributed by atoms with Gasteiger partial charge < -0.3 is 15.5 Å². The van der Waals surface area contributed by atoms with Crippen LogP contribution >= 0.6 is 0 Å². The molecule has 23 heavy (non-hydrogen) atoms. The first-order valence-corrected chi connectivity index (χ1v) is 7.25. The zero-order valence-electron chi connectivity index (χ0n) is 12.6. The first kappa shape index (κ1) is 15.1. The number of hydrogen-bond donors (Lipinski definition) is 3. The van der Waals surface area contributed by atoms with Crippen LogP contribution in [0.4, 0.5) is 11.4 Å². The standard InChI is InChI=1S/C17H17N3O3/c1-23-17(22)15(20-19-11-7-3-2-4-8-11)14-12-9-5-6-10-13(12)18-16(14)21/h2-10,14-15,19-20H,1H3,(H,18,21). The molecule has 3 rings (SSSR count). The number of nitrogens with one attached hydrogen (secondary N) is 3. The summed E-state index contributed by atoms with van der Waals surface area (Å²) in [5.41, 5.74) is 8.15. The van der Waals surface area contributed by atoms with E-state index in [1.807, 2.05) is 54.6 Å². The summed E-state index contributed by atoms with van der Waals surface area (Å²) in [6.45, 7) is 0. The molecule has 1 heterocycles. The third-order valence-corrected chi connectivity index (χ3v) is 3.77. The Kier molecular flexibility index (Phi) is 4.25. The van der Waals surface area contributed by atoms with Crippen LogP contribution in [0.1, 0.15) is 11.5 Å². The number of para-hydroxylation sites is 2. The second-order valence-corrected chi connectivity index (χ2v) is 5.19. The van der Waals surface area contributed by atoms with E-state index in [2.05, 4.69) is 16.2 Å². The molecule has 1 aliphatic rings. The van der Waals surface area contributed by atoms with Gasteiger partial charge in [-0.25, -0.2) is 5.43 Å². The maximum absolute atomic E-state index is 12.3. The predicted octanol–water partition coefficient (Wildman–Crippen LogP) is 1.88. The molecule has 1 amide bonds. The molecule has 2 aromatic carbocycles. The molecule has 0 saturated carbocycles. The number of fused-ring (bicyclic) bond motifs is 1. The minimum Gasteiger partial charge on any atom is -0.468 e. The fourth-order valence-corrected chi connectivity index (χ4v) is 2.65. The Morgan fingerprint density at radius 3 is 2.57 bits per heavy atom. The number of carbonyl (C=O) groups is 2. The summed E-state index contributed by atoms with van der Waals surface area (Å²) in [6.07, 6.45) is 0. The van der Waals surface area contributed by atoms with Gasteiger partial charge in [0.25, 0.3) is 0 Å². The van der Waals surface area contributed by atoms with Crippen molar-refractivity contribution in [2.75, 3.05) is 17.9 Å². The van der Waals surface area contributed by atoms with E-state index in [0.717, 1.165) is 16.9 Å². The first-order chi connectivity index (χ1) is 11.2. The Bertz CT molecular complexity index is 718. The van der Waals surface area contributed by atoms with Crippen LogP contribution in [0.25, 0.3) is 0 Å². The van der Waals surface area contributed by atoms with Crippen LogP contribution in [0.5, 0.6) is 0 Å². The normalized spacial score (nSPS) is 17.1. The molecule has 2 unspecified atom stereocenters. The maximum Gasteiger partial charge on any atom is 0.325 e. The molecule has 2 atom stereocenters. The monoisotopic (exact) mass is 311 g/mol. The van der Waals surface area contributed by atoms with Gasteiger partial charge in [0.1, 0.15) is 6.04 Å². The van der Waals surface area contributed by atoms with Gasteiger partial charge in [0.05, 0.1) is 13.0 Å². The number of anilines is 2. The van der Waals surface area contributed by atoms with Crippen LogP contribution in [-0.2, 0) is 14.3 Å². The number of amides is 1. The molecule has 0 radical (unpaired) electrons. The lowest BCUT2D eigenvalue weighted by molar-refractivity contribution is -0.144. The van der Waals surface area contributed by atoms with E-state index in [4.69, 9.17) is 4.74 Å². The number of methoxy groups -OCH3 is 1. The summed E-state index contributed by atoms with van der Waals surface area (Å²) >= 11 is 0. The van der Waals surface area contributed by atoms with Crippen molar-refractivity contribution < 1.29 is 14.3 Å². The summed E-state index contributed by atoms with van der Waals surface area (Å²) in [5.74, 6) is -1.40. The van der Waals surface area contributed by atoms with Gasteiger partial charge in [-0.1, -0.05) is 36.4 Å². The van der Waals surface area contributed by atoms with E-state index < -0.39 is 17.9 Å². The highest BCUT2D eigenvalue weighted by atomic mass is 16.5. The van der Waals surface area contributed by atoms with Crippen molar-refractivity contribution in [1.82, 2.24) is 5.43 Å². The van der Waals surface area contributed by atoms with Crippen LogP contribution in [0, 0.1) is 0 Å². The number of carbonyl (C=O) groups excluding carboxylic acids is 2. The van der Waals surface area contributed by atoms with E-state index in [1.54, 1.807) is 0 Å². The van der Waals surface area contributed by atoms with E-state index >= 15 is 0 Å². The highest BCUT2D eigenvalue weighted by Crippen LogP contribution is 2.34. The Balaban J connectivity index is 1.85. The van der Waals surface area contributed by atoms with E-state index in [1.165, 1.54) is 7.11 Å². The Morgan fingerprint density at radius 1 is 1.13 bits per heavy atom. The fourth-order valence-electron chi connectivity index (χ4n) is 2.65. The second-order valence-electron chi connectivity index (χ2n) is 5.19. The van der Waals surface area contributed by atoms with Crippen molar-refractivity contribution in [3.8, 4) is 0 Å². The number of ether oxygens (including phenoxy) is 1. The minimum absolute atomic E-state index is 0.232. The van der Waals surface area contributed by atoms with Gasteiger partial charge in [-0.3, -0.25) is 9.59 Å². The summed E-state index contributed by atoms with van der Waals surface area (Å²) in [7, 11) is 1.30. The molecule has 0 spiro atoms. The molecule has 6 nitrogen and oxygen atoms in total. The summed E-state index contributed by atoms with van der Waals surface area (Å²) in [6, 6.07) is 15.8. The average molecular weight is 311 g/mol. The predicted molar refractivity (Wildman–Crippen MR) is 86.8 cm³/mol. The molecule has 0 fully saturated rings. The number of esters is 1. The van der Waals surface area contributed by atoms with Crippen LogP contribution in [0.15, 0.2) is 54.6 Å². The second kappa shape index (κ2) is 6.50. The number of hydrogen-bond acceptors (Lipinski definition) is 5. The third kappa shape index (κ3) is 3.02. The smallest absolute Gasteiger partial charge is 0.325 e. The third-order valence-electron chi connectivity index (χ3n) is 3.77. The first-order valence-electron chi connectivity index (χ1n) is 7.25. The van der Waals surface area contributed by atoms with Gasteiger partial charge in [0.15, 0.2) is 0 Å².